The lowest BCUT2D eigenvalue weighted by Gasteiger charge is -2.37. The fourth-order valence-corrected chi connectivity index (χ4v) is 6.94. The molecule has 44 heavy (non-hydrogen) atoms. The predicted molar refractivity (Wildman–Crippen MR) is 168 cm³/mol. The van der Waals surface area contributed by atoms with Gasteiger partial charge in [0.05, 0.1) is 14.2 Å². The first-order chi connectivity index (χ1) is 21.3. The van der Waals surface area contributed by atoms with E-state index >= 15 is 0 Å². The highest BCUT2D eigenvalue weighted by atomic mass is 16.5. The summed E-state index contributed by atoms with van der Waals surface area (Å²) in [4.78, 5) is 4.66. The van der Waals surface area contributed by atoms with Crippen molar-refractivity contribution in [2.75, 3.05) is 41.4 Å². The van der Waals surface area contributed by atoms with Gasteiger partial charge in [-0.25, -0.2) is 0 Å². The van der Waals surface area contributed by atoms with Crippen LogP contribution in [-0.4, -0.2) is 61.4 Å². The molecule has 6 aliphatic heterocycles. The van der Waals surface area contributed by atoms with Gasteiger partial charge in [-0.15, -0.1) is 0 Å². The molecule has 10 rings (SSSR count). The third kappa shape index (κ3) is 4.98. The van der Waals surface area contributed by atoms with E-state index in [-0.39, 0.29) is 23.6 Å². The van der Waals surface area contributed by atoms with E-state index in [2.05, 4.69) is 48.2 Å². The van der Waals surface area contributed by atoms with E-state index in [0.717, 1.165) is 49.0 Å². The molecule has 8 nitrogen and oxygen atoms in total. The molecule has 4 aromatic carbocycles. The highest BCUT2D eigenvalue weighted by molar-refractivity contribution is 5.63. The Kier molecular flexibility index (Phi) is 7.26. The van der Waals surface area contributed by atoms with E-state index < -0.39 is 0 Å². The number of aromatic hydroxyl groups is 2. The zero-order valence-electron chi connectivity index (χ0n) is 25.6. The number of hydrogen-bond donors (Lipinski definition) is 2. The van der Waals surface area contributed by atoms with Crippen molar-refractivity contribution in [1.82, 2.24) is 9.80 Å². The Morgan fingerprint density at radius 2 is 1.39 bits per heavy atom. The molecule has 8 heteroatoms. The van der Waals surface area contributed by atoms with Gasteiger partial charge in [0.25, 0.3) is 0 Å². The molecule has 8 bridgehead atoms. The summed E-state index contributed by atoms with van der Waals surface area (Å²) in [5.41, 5.74) is 6.56. The van der Waals surface area contributed by atoms with E-state index in [1.807, 2.05) is 30.3 Å². The Balaban J connectivity index is 1.44. The minimum Gasteiger partial charge on any atom is -0.504 e. The standard InChI is InChI=1S/C36H38N2O6/c1-37-13-11-23-18-32-31(41-3)20-26(23)27(37)15-21-5-8-25(9-6-21)43-30-17-22(7-10-29(30)39)16-28-34-24(12-14-38(28)2)19-33(42-4)35(40)36(34)44-32/h5-10,17-20,27-28,39-40H,11-16H2,1-4H3. The smallest absolute Gasteiger partial charge is 0.201 e. The first-order valence-electron chi connectivity index (χ1n) is 15.1. The second-order valence-electron chi connectivity index (χ2n) is 12.1. The summed E-state index contributed by atoms with van der Waals surface area (Å²) in [5.74, 6) is 3.05. The molecule has 0 saturated heterocycles. The molecule has 0 spiro atoms. The van der Waals surface area contributed by atoms with Crippen molar-refractivity contribution in [2.24, 2.45) is 0 Å². The lowest BCUT2D eigenvalue weighted by atomic mass is 9.87. The first-order valence-corrected chi connectivity index (χ1v) is 15.1. The van der Waals surface area contributed by atoms with E-state index in [0.29, 0.717) is 40.9 Å². The lowest BCUT2D eigenvalue weighted by molar-refractivity contribution is 0.221. The average Bonchev–Trinajstić information content (AvgIpc) is 3.03. The van der Waals surface area contributed by atoms with E-state index in [1.165, 1.54) is 16.7 Å². The maximum absolute atomic E-state index is 11.6. The minimum absolute atomic E-state index is 0.0360. The van der Waals surface area contributed by atoms with Gasteiger partial charge in [-0.2, -0.15) is 0 Å². The van der Waals surface area contributed by atoms with Crippen molar-refractivity contribution in [2.45, 2.75) is 37.8 Å². The van der Waals surface area contributed by atoms with Crippen molar-refractivity contribution in [3.8, 4) is 46.0 Å². The molecule has 0 saturated carbocycles. The molecule has 0 amide bonds. The number of rotatable bonds is 2. The van der Waals surface area contributed by atoms with Crippen molar-refractivity contribution in [1.29, 1.82) is 0 Å². The van der Waals surface area contributed by atoms with Crippen LogP contribution in [0.3, 0.4) is 0 Å². The van der Waals surface area contributed by atoms with Crippen LogP contribution in [0.1, 0.15) is 45.5 Å². The molecular formula is C36H38N2O6. The van der Waals surface area contributed by atoms with Gasteiger partial charge < -0.3 is 29.2 Å². The normalized spacial score (nSPS) is 19.6. The number of methoxy groups -OCH3 is 2. The largest absolute Gasteiger partial charge is 0.504 e. The molecule has 0 radical (unpaired) electrons. The fraction of sp³-hybridized carbons (Fsp3) is 0.333. The quantitative estimate of drug-likeness (QED) is 0.270. The van der Waals surface area contributed by atoms with Crippen LogP contribution in [0.2, 0.25) is 0 Å². The molecule has 0 fully saturated rings. The predicted octanol–water partition coefficient (Wildman–Crippen LogP) is 6.56. The second-order valence-corrected chi connectivity index (χ2v) is 12.1. The van der Waals surface area contributed by atoms with E-state index in [1.54, 1.807) is 20.3 Å². The third-order valence-electron chi connectivity index (χ3n) is 9.46. The van der Waals surface area contributed by atoms with Crippen molar-refractivity contribution < 1.29 is 29.2 Å². The lowest BCUT2D eigenvalue weighted by Crippen LogP contribution is -2.34. The number of hydrogen-bond acceptors (Lipinski definition) is 8. The van der Waals surface area contributed by atoms with Gasteiger partial charge in [0.1, 0.15) is 5.75 Å². The molecule has 0 aliphatic carbocycles. The number of phenolic OH excluding ortho intramolecular Hbond substituents is 2. The van der Waals surface area contributed by atoms with Gasteiger partial charge in [0, 0.05) is 30.7 Å². The van der Waals surface area contributed by atoms with Crippen LogP contribution in [0.15, 0.2) is 60.7 Å². The first kappa shape index (κ1) is 28.4. The summed E-state index contributed by atoms with van der Waals surface area (Å²) in [7, 11) is 7.46. The molecule has 2 atom stereocenters. The van der Waals surface area contributed by atoms with Crippen LogP contribution < -0.4 is 18.9 Å². The second kappa shape index (κ2) is 11.3. The molecule has 4 aromatic rings. The summed E-state index contributed by atoms with van der Waals surface area (Å²) >= 11 is 0. The number of likely N-dealkylation sites (N-methyl/N-ethyl adjacent to an activating group) is 2. The van der Waals surface area contributed by atoms with Gasteiger partial charge in [0.15, 0.2) is 34.5 Å². The van der Waals surface area contributed by atoms with Gasteiger partial charge >= 0.3 is 0 Å². The fourth-order valence-electron chi connectivity index (χ4n) is 6.94. The topological polar surface area (TPSA) is 83.9 Å². The van der Waals surface area contributed by atoms with Gasteiger partial charge in [0.2, 0.25) is 5.75 Å². The van der Waals surface area contributed by atoms with Crippen LogP contribution in [0.5, 0.6) is 46.0 Å². The minimum atomic E-state index is -0.119. The average molecular weight is 595 g/mol. The van der Waals surface area contributed by atoms with Crippen LogP contribution in [0, 0.1) is 0 Å². The van der Waals surface area contributed by atoms with Crippen molar-refractivity contribution in [3.05, 3.63) is 94.0 Å². The molecule has 228 valence electrons. The zero-order chi connectivity index (χ0) is 30.5. The SMILES string of the molecule is COc1cc2c3cc1Oc1c(O)c(OC)cc4c1C(Cc1ccc(O)c(c1)Oc1ccc(cc1)CC2N(C)CC3)N(C)CC4. The summed E-state index contributed by atoms with van der Waals surface area (Å²) in [6.45, 7) is 1.74. The van der Waals surface area contributed by atoms with E-state index in [9.17, 15) is 10.2 Å². The Morgan fingerprint density at radius 3 is 2.14 bits per heavy atom. The summed E-state index contributed by atoms with van der Waals surface area (Å²) in [5, 5.41) is 22.3. The maximum Gasteiger partial charge on any atom is 0.201 e. The number of benzene rings is 4. The Bertz CT molecular complexity index is 1720. The van der Waals surface area contributed by atoms with Crippen LogP contribution in [-0.2, 0) is 25.7 Å². The van der Waals surface area contributed by atoms with Crippen LogP contribution in [0.25, 0.3) is 0 Å². The maximum atomic E-state index is 11.6. The van der Waals surface area contributed by atoms with Crippen molar-refractivity contribution >= 4 is 0 Å². The molecule has 0 aromatic heterocycles. The van der Waals surface area contributed by atoms with Crippen LogP contribution in [0.4, 0.5) is 0 Å². The number of phenols is 2. The highest BCUT2D eigenvalue weighted by Crippen LogP contribution is 2.51. The zero-order valence-corrected chi connectivity index (χ0v) is 25.6. The van der Waals surface area contributed by atoms with Crippen LogP contribution >= 0.6 is 0 Å². The van der Waals surface area contributed by atoms with Gasteiger partial charge in [-0.3, -0.25) is 9.80 Å². The molecule has 2 unspecified atom stereocenters. The van der Waals surface area contributed by atoms with Gasteiger partial charge in [-0.1, -0.05) is 18.2 Å². The number of ether oxygens (including phenoxy) is 4. The summed E-state index contributed by atoms with van der Waals surface area (Å²) < 4.78 is 24.5. The Hall–Kier alpha value is -4.40. The molecule has 6 heterocycles. The Morgan fingerprint density at radius 1 is 0.705 bits per heavy atom. The van der Waals surface area contributed by atoms with Crippen molar-refractivity contribution in [3.63, 3.8) is 0 Å². The molecular weight excluding hydrogens is 556 g/mol. The monoisotopic (exact) mass is 594 g/mol. The highest BCUT2D eigenvalue weighted by Gasteiger charge is 2.34. The van der Waals surface area contributed by atoms with Gasteiger partial charge in [-0.05, 0) is 110 Å². The van der Waals surface area contributed by atoms with E-state index in [4.69, 9.17) is 18.9 Å². The molecule has 2 N–H and O–H groups in total. The third-order valence-corrected chi connectivity index (χ3v) is 9.46. The summed E-state index contributed by atoms with van der Waals surface area (Å²) in [6, 6.07) is 19.7. The Labute approximate surface area is 258 Å². The molecule has 6 aliphatic rings. The number of nitrogens with zero attached hydrogens (tertiary/aromatic N) is 2. The summed E-state index contributed by atoms with van der Waals surface area (Å²) in [6.07, 6.45) is 3.08.